The van der Waals surface area contributed by atoms with Gasteiger partial charge in [-0.3, -0.25) is 0 Å². The lowest BCUT2D eigenvalue weighted by atomic mass is 10.1. The normalized spacial score (nSPS) is 10.4. The fraction of sp³-hybridized carbons (Fsp3) is 0.471. The molecule has 0 saturated heterocycles. The van der Waals surface area contributed by atoms with Crippen LogP contribution in [0.4, 0.5) is 23.5 Å². The maximum absolute atomic E-state index is 4.39. The number of rotatable bonds is 9. The summed E-state index contributed by atoms with van der Waals surface area (Å²) in [5, 5.41) is 9.49. The predicted molar refractivity (Wildman–Crippen MR) is 96.5 cm³/mol. The van der Waals surface area contributed by atoms with Crippen molar-refractivity contribution in [2.75, 3.05) is 29.0 Å². The Morgan fingerprint density at radius 2 is 1.35 bits per heavy atom. The molecule has 1 aromatic carbocycles. The molecule has 6 heteroatoms. The fourth-order valence-electron chi connectivity index (χ4n) is 2.17. The first-order chi connectivity index (χ1) is 11.2. The number of unbranched alkanes of at least 4 members (excludes halogenated alkanes) is 1. The lowest BCUT2D eigenvalue weighted by Gasteiger charge is -2.10. The molecule has 0 amide bonds. The summed E-state index contributed by atoms with van der Waals surface area (Å²) in [4.78, 5) is 13.1. The first-order valence-electron chi connectivity index (χ1n) is 8.34. The molecule has 3 N–H and O–H groups in total. The molecule has 0 saturated carbocycles. The van der Waals surface area contributed by atoms with Gasteiger partial charge in [0.2, 0.25) is 17.8 Å². The first kappa shape index (κ1) is 17.0. The van der Waals surface area contributed by atoms with Crippen LogP contribution in [0.1, 0.15) is 39.2 Å². The summed E-state index contributed by atoms with van der Waals surface area (Å²) in [6, 6.07) is 8.43. The number of aromatic nitrogens is 3. The Balaban J connectivity index is 2.11. The van der Waals surface area contributed by atoms with Gasteiger partial charge >= 0.3 is 0 Å². The summed E-state index contributed by atoms with van der Waals surface area (Å²) in [7, 11) is 0. The van der Waals surface area contributed by atoms with Crippen LogP contribution in [-0.2, 0) is 6.42 Å². The van der Waals surface area contributed by atoms with Crippen LogP contribution in [0.3, 0.4) is 0 Å². The quantitative estimate of drug-likeness (QED) is 0.653. The second-order valence-corrected chi connectivity index (χ2v) is 5.29. The molecule has 0 unspecified atom stereocenters. The predicted octanol–water partition coefficient (Wildman–Crippen LogP) is 3.82. The van der Waals surface area contributed by atoms with Crippen molar-refractivity contribution in [3.05, 3.63) is 29.8 Å². The molecule has 2 aromatic rings. The van der Waals surface area contributed by atoms with Crippen LogP contribution in [0.2, 0.25) is 0 Å². The SMILES string of the molecule is CCCCc1ccc(Nc2nc(NCC)nc(NCC)n2)cc1. The molecule has 0 atom stereocenters. The molecular weight excluding hydrogens is 288 g/mol. The van der Waals surface area contributed by atoms with Gasteiger partial charge in [0.1, 0.15) is 0 Å². The zero-order valence-corrected chi connectivity index (χ0v) is 14.2. The number of nitrogens with zero attached hydrogens (tertiary/aromatic N) is 3. The maximum atomic E-state index is 4.39. The number of anilines is 4. The molecule has 0 aliphatic heterocycles. The van der Waals surface area contributed by atoms with E-state index in [4.69, 9.17) is 0 Å². The molecule has 124 valence electrons. The third kappa shape index (κ3) is 5.39. The highest BCUT2D eigenvalue weighted by Gasteiger charge is 2.06. The van der Waals surface area contributed by atoms with Crippen molar-refractivity contribution in [1.29, 1.82) is 0 Å². The fourth-order valence-corrected chi connectivity index (χ4v) is 2.17. The molecule has 0 spiro atoms. The van der Waals surface area contributed by atoms with Gasteiger partial charge in [0, 0.05) is 18.8 Å². The van der Waals surface area contributed by atoms with E-state index in [2.05, 4.69) is 62.1 Å². The molecule has 0 radical (unpaired) electrons. The van der Waals surface area contributed by atoms with Gasteiger partial charge < -0.3 is 16.0 Å². The minimum atomic E-state index is 0.535. The minimum absolute atomic E-state index is 0.535. The lowest BCUT2D eigenvalue weighted by Crippen LogP contribution is -2.10. The molecule has 0 bridgehead atoms. The van der Waals surface area contributed by atoms with Gasteiger partial charge in [-0.15, -0.1) is 0 Å². The number of hydrogen-bond donors (Lipinski definition) is 3. The van der Waals surface area contributed by atoms with Gasteiger partial charge in [-0.1, -0.05) is 25.5 Å². The van der Waals surface area contributed by atoms with Crippen LogP contribution in [0.15, 0.2) is 24.3 Å². The van der Waals surface area contributed by atoms with Crippen LogP contribution in [0, 0.1) is 0 Å². The van der Waals surface area contributed by atoms with Crippen molar-refractivity contribution in [2.24, 2.45) is 0 Å². The molecule has 0 fully saturated rings. The van der Waals surface area contributed by atoms with E-state index in [1.54, 1.807) is 0 Å². The average Bonchev–Trinajstić information content (AvgIpc) is 2.55. The summed E-state index contributed by atoms with van der Waals surface area (Å²) in [6.07, 6.45) is 3.56. The van der Waals surface area contributed by atoms with Crippen LogP contribution in [0.25, 0.3) is 0 Å². The van der Waals surface area contributed by atoms with Crippen LogP contribution in [0.5, 0.6) is 0 Å². The van der Waals surface area contributed by atoms with Crippen molar-refractivity contribution < 1.29 is 0 Å². The van der Waals surface area contributed by atoms with E-state index >= 15 is 0 Å². The van der Waals surface area contributed by atoms with Crippen LogP contribution in [-0.4, -0.2) is 28.0 Å². The molecule has 0 aliphatic carbocycles. The van der Waals surface area contributed by atoms with Crippen molar-refractivity contribution in [2.45, 2.75) is 40.0 Å². The highest BCUT2D eigenvalue weighted by atomic mass is 15.3. The number of hydrogen-bond acceptors (Lipinski definition) is 6. The van der Waals surface area contributed by atoms with E-state index in [-0.39, 0.29) is 0 Å². The Kier molecular flexibility index (Phi) is 6.59. The minimum Gasteiger partial charge on any atom is -0.354 e. The standard InChI is InChI=1S/C17H26N6/c1-4-7-8-13-9-11-14(12-10-13)20-17-22-15(18-5-2)21-16(23-17)19-6-3/h9-12H,4-8H2,1-3H3,(H3,18,19,20,21,22,23). The lowest BCUT2D eigenvalue weighted by molar-refractivity contribution is 0.795. The summed E-state index contributed by atoms with van der Waals surface area (Å²) in [5.41, 5.74) is 2.33. The number of nitrogens with one attached hydrogen (secondary N) is 3. The average molecular weight is 314 g/mol. The van der Waals surface area contributed by atoms with Crippen LogP contribution < -0.4 is 16.0 Å². The summed E-state index contributed by atoms with van der Waals surface area (Å²) < 4.78 is 0. The zero-order chi connectivity index (χ0) is 16.5. The molecule has 0 aliphatic rings. The Labute approximate surface area is 138 Å². The third-order valence-electron chi connectivity index (χ3n) is 3.33. The van der Waals surface area contributed by atoms with Crippen LogP contribution >= 0.6 is 0 Å². The van der Waals surface area contributed by atoms with E-state index in [1.807, 2.05) is 13.8 Å². The largest absolute Gasteiger partial charge is 0.354 e. The monoisotopic (exact) mass is 314 g/mol. The number of aryl methyl sites for hydroxylation is 1. The van der Waals surface area contributed by atoms with Gasteiger partial charge in [-0.2, -0.15) is 15.0 Å². The Morgan fingerprint density at radius 3 is 1.87 bits per heavy atom. The summed E-state index contributed by atoms with van der Waals surface area (Å²) >= 11 is 0. The van der Waals surface area contributed by atoms with Gasteiger partial charge in [-0.25, -0.2) is 0 Å². The van der Waals surface area contributed by atoms with E-state index in [0.29, 0.717) is 17.8 Å². The van der Waals surface area contributed by atoms with Crippen molar-refractivity contribution >= 4 is 23.5 Å². The Bertz CT molecular complexity index is 572. The molecule has 6 nitrogen and oxygen atoms in total. The Morgan fingerprint density at radius 1 is 0.783 bits per heavy atom. The van der Waals surface area contributed by atoms with Gasteiger partial charge in [-0.05, 0) is 44.4 Å². The highest BCUT2D eigenvalue weighted by Crippen LogP contribution is 2.17. The van der Waals surface area contributed by atoms with E-state index in [9.17, 15) is 0 Å². The summed E-state index contributed by atoms with van der Waals surface area (Å²) in [5.74, 6) is 1.68. The van der Waals surface area contributed by atoms with Gasteiger partial charge in [0.15, 0.2) is 0 Å². The molecule has 1 aromatic heterocycles. The topological polar surface area (TPSA) is 74.8 Å². The molecule has 1 heterocycles. The zero-order valence-electron chi connectivity index (χ0n) is 14.2. The summed E-state index contributed by atoms with van der Waals surface area (Å²) in [6.45, 7) is 7.76. The van der Waals surface area contributed by atoms with E-state index in [1.165, 1.54) is 18.4 Å². The molecular formula is C17H26N6. The maximum Gasteiger partial charge on any atom is 0.233 e. The third-order valence-corrected chi connectivity index (χ3v) is 3.33. The van der Waals surface area contributed by atoms with Crippen molar-refractivity contribution in [1.82, 2.24) is 15.0 Å². The smallest absolute Gasteiger partial charge is 0.233 e. The van der Waals surface area contributed by atoms with Gasteiger partial charge in [0.25, 0.3) is 0 Å². The van der Waals surface area contributed by atoms with Crippen molar-refractivity contribution in [3.63, 3.8) is 0 Å². The van der Waals surface area contributed by atoms with Crippen molar-refractivity contribution in [3.8, 4) is 0 Å². The molecule has 23 heavy (non-hydrogen) atoms. The van der Waals surface area contributed by atoms with E-state index < -0.39 is 0 Å². The number of benzene rings is 1. The Hall–Kier alpha value is -2.37. The second-order valence-electron chi connectivity index (χ2n) is 5.29. The first-order valence-corrected chi connectivity index (χ1v) is 8.34. The van der Waals surface area contributed by atoms with Gasteiger partial charge in [0.05, 0.1) is 0 Å². The van der Waals surface area contributed by atoms with E-state index in [0.717, 1.165) is 25.2 Å². The molecule has 2 rings (SSSR count). The highest BCUT2D eigenvalue weighted by molar-refractivity contribution is 5.56. The second kappa shape index (κ2) is 8.92.